The van der Waals surface area contributed by atoms with Crippen LogP contribution in [0.1, 0.15) is 0 Å². The predicted molar refractivity (Wildman–Crippen MR) is 75.0 cm³/mol. The average molecular weight is 283 g/mol. The zero-order chi connectivity index (χ0) is 13.1. The van der Waals surface area contributed by atoms with E-state index in [0.29, 0.717) is 15.8 Å². The van der Waals surface area contributed by atoms with E-state index in [1.54, 1.807) is 26.4 Å². The Labute approximate surface area is 116 Å². The van der Waals surface area contributed by atoms with Crippen LogP contribution in [0.15, 0.2) is 36.4 Å². The summed E-state index contributed by atoms with van der Waals surface area (Å²) in [6.07, 6.45) is 0. The Morgan fingerprint density at radius 1 is 0.833 bits per heavy atom. The van der Waals surface area contributed by atoms with Crippen molar-refractivity contribution in [3.8, 4) is 22.6 Å². The second kappa shape index (κ2) is 5.51. The summed E-state index contributed by atoms with van der Waals surface area (Å²) in [6.45, 7) is 0. The molecule has 0 bridgehead atoms. The van der Waals surface area contributed by atoms with E-state index < -0.39 is 0 Å². The van der Waals surface area contributed by atoms with E-state index in [-0.39, 0.29) is 0 Å². The first-order chi connectivity index (χ1) is 8.65. The summed E-state index contributed by atoms with van der Waals surface area (Å²) in [5, 5.41) is 1.23. The van der Waals surface area contributed by atoms with Gasteiger partial charge < -0.3 is 9.47 Å². The van der Waals surface area contributed by atoms with Crippen molar-refractivity contribution in [1.82, 2.24) is 0 Å². The molecule has 0 aromatic heterocycles. The van der Waals surface area contributed by atoms with Crippen molar-refractivity contribution in [3.05, 3.63) is 46.4 Å². The van der Waals surface area contributed by atoms with Crippen molar-refractivity contribution in [3.63, 3.8) is 0 Å². The van der Waals surface area contributed by atoms with Crippen LogP contribution in [-0.4, -0.2) is 14.2 Å². The molecule has 0 aliphatic heterocycles. The molecule has 0 saturated carbocycles. The maximum Gasteiger partial charge on any atom is 0.126 e. The number of ether oxygens (including phenoxy) is 2. The number of halogens is 2. The topological polar surface area (TPSA) is 18.5 Å². The second-order valence-corrected chi connectivity index (χ2v) is 4.53. The first kappa shape index (κ1) is 13.1. The lowest BCUT2D eigenvalue weighted by molar-refractivity contribution is 0.414. The van der Waals surface area contributed by atoms with Gasteiger partial charge in [-0.3, -0.25) is 0 Å². The van der Waals surface area contributed by atoms with Gasteiger partial charge in [0.05, 0.1) is 19.2 Å². The minimum Gasteiger partial charge on any atom is -0.497 e. The lowest BCUT2D eigenvalue weighted by Crippen LogP contribution is -1.89. The van der Waals surface area contributed by atoms with E-state index in [0.717, 1.165) is 16.9 Å². The Bertz CT molecular complexity index is 568. The van der Waals surface area contributed by atoms with Gasteiger partial charge in [-0.25, -0.2) is 0 Å². The third-order valence-electron chi connectivity index (χ3n) is 2.63. The van der Waals surface area contributed by atoms with Crippen LogP contribution in [0.4, 0.5) is 0 Å². The summed E-state index contributed by atoms with van der Waals surface area (Å²) in [7, 11) is 3.22. The summed E-state index contributed by atoms with van der Waals surface area (Å²) < 4.78 is 10.4. The van der Waals surface area contributed by atoms with Crippen LogP contribution in [0.5, 0.6) is 11.5 Å². The highest BCUT2D eigenvalue weighted by atomic mass is 35.5. The number of hydrogen-bond acceptors (Lipinski definition) is 2. The normalized spacial score (nSPS) is 10.2. The first-order valence-electron chi connectivity index (χ1n) is 5.33. The lowest BCUT2D eigenvalue weighted by atomic mass is 10.0. The Morgan fingerprint density at radius 3 is 2.22 bits per heavy atom. The molecule has 0 amide bonds. The predicted octanol–water partition coefficient (Wildman–Crippen LogP) is 4.68. The van der Waals surface area contributed by atoms with Crippen molar-refractivity contribution >= 4 is 23.2 Å². The van der Waals surface area contributed by atoms with Gasteiger partial charge in [-0.1, -0.05) is 23.2 Å². The molecule has 0 spiro atoms. The molecule has 2 aromatic carbocycles. The van der Waals surface area contributed by atoms with Crippen molar-refractivity contribution in [1.29, 1.82) is 0 Å². The van der Waals surface area contributed by atoms with Gasteiger partial charge in [0.25, 0.3) is 0 Å². The van der Waals surface area contributed by atoms with Gasteiger partial charge in [0.15, 0.2) is 0 Å². The highest BCUT2D eigenvalue weighted by Crippen LogP contribution is 2.37. The highest BCUT2D eigenvalue weighted by molar-refractivity contribution is 6.34. The van der Waals surface area contributed by atoms with E-state index in [1.165, 1.54) is 0 Å². The minimum absolute atomic E-state index is 0.593. The molecule has 0 radical (unpaired) electrons. The standard InChI is InChI=1S/C14H12Cl2O2/c1-17-10-4-5-11(13(16)8-10)12-7-9(15)3-6-14(12)18-2/h3-8H,1-2H3. The van der Waals surface area contributed by atoms with Crippen molar-refractivity contribution in [2.45, 2.75) is 0 Å². The zero-order valence-corrected chi connectivity index (χ0v) is 11.5. The van der Waals surface area contributed by atoms with Crippen molar-refractivity contribution < 1.29 is 9.47 Å². The zero-order valence-electron chi connectivity index (χ0n) is 10.0. The van der Waals surface area contributed by atoms with Gasteiger partial charge in [0, 0.05) is 16.1 Å². The fourth-order valence-electron chi connectivity index (χ4n) is 1.73. The molecular formula is C14H12Cl2O2. The van der Waals surface area contributed by atoms with Crippen LogP contribution >= 0.6 is 23.2 Å². The Kier molecular flexibility index (Phi) is 4.00. The van der Waals surface area contributed by atoms with E-state index in [1.807, 2.05) is 24.3 Å². The van der Waals surface area contributed by atoms with Crippen LogP contribution in [0.3, 0.4) is 0 Å². The maximum atomic E-state index is 6.25. The van der Waals surface area contributed by atoms with Crippen molar-refractivity contribution in [2.75, 3.05) is 14.2 Å². The summed E-state index contributed by atoms with van der Waals surface area (Å²) in [6, 6.07) is 10.9. The molecule has 0 atom stereocenters. The third-order valence-corrected chi connectivity index (χ3v) is 3.18. The smallest absolute Gasteiger partial charge is 0.126 e. The van der Waals surface area contributed by atoms with Crippen LogP contribution in [0, 0.1) is 0 Å². The summed E-state index contributed by atoms with van der Waals surface area (Å²) in [5.74, 6) is 1.44. The van der Waals surface area contributed by atoms with E-state index in [9.17, 15) is 0 Å². The molecule has 94 valence electrons. The Morgan fingerprint density at radius 2 is 1.61 bits per heavy atom. The van der Waals surface area contributed by atoms with Gasteiger partial charge in [0.2, 0.25) is 0 Å². The van der Waals surface area contributed by atoms with E-state index in [2.05, 4.69) is 0 Å². The summed E-state index contributed by atoms with van der Waals surface area (Å²) in [5.41, 5.74) is 1.72. The maximum absolute atomic E-state index is 6.25. The molecule has 0 heterocycles. The summed E-state index contributed by atoms with van der Waals surface area (Å²) >= 11 is 12.3. The fourth-order valence-corrected chi connectivity index (χ4v) is 2.18. The molecular weight excluding hydrogens is 271 g/mol. The molecule has 18 heavy (non-hydrogen) atoms. The molecule has 4 heteroatoms. The molecule has 0 saturated heterocycles. The van der Waals surface area contributed by atoms with Gasteiger partial charge in [0.1, 0.15) is 11.5 Å². The van der Waals surface area contributed by atoms with Gasteiger partial charge in [-0.05, 0) is 36.4 Å². The molecule has 2 rings (SSSR count). The highest BCUT2D eigenvalue weighted by Gasteiger charge is 2.11. The largest absolute Gasteiger partial charge is 0.497 e. The fraction of sp³-hybridized carbons (Fsp3) is 0.143. The Hall–Kier alpha value is -1.38. The van der Waals surface area contributed by atoms with Crippen molar-refractivity contribution in [2.24, 2.45) is 0 Å². The monoisotopic (exact) mass is 282 g/mol. The second-order valence-electron chi connectivity index (χ2n) is 3.69. The van der Waals surface area contributed by atoms with Gasteiger partial charge in [-0.15, -0.1) is 0 Å². The van der Waals surface area contributed by atoms with Crippen LogP contribution in [0.2, 0.25) is 10.0 Å². The molecule has 0 aliphatic carbocycles. The quantitative estimate of drug-likeness (QED) is 0.814. The number of methoxy groups -OCH3 is 2. The summed E-state index contributed by atoms with van der Waals surface area (Å²) in [4.78, 5) is 0. The van der Waals surface area contributed by atoms with E-state index >= 15 is 0 Å². The SMILES string of the molecule is COc1ccc(-c2cc(Cl)ccc2OC)c(Cl)c1. The molecule has 2 aromatic rings. The average Bonchev–Trinajstić information content (AvgIpc) is 2.38. The molecule has 0 fully saturated rings. The van der Waals surface area contributed by atoms with Crippen LogP contribution in [0.25, 0.3) is 11.1 Å². The molecule has 0 unspecified atom stereocenters. The minimum atomic E-state index is 0.593. The van der Waals surface area contributed by atoms with Crippen LogP contribution in [-0.2, 0) is 0 Å². The van der Waals surface area contributed by atoms with Crippen LogP contribution < -0.4 is 9.47 Å². The molecule has 0 N–H and O–H groups in total. The van der Waals surface area contributed by atoms with Gasteiger partial charge >= 0.3 is 0 Å². The number of benzene rings is 2. The lowest BCUT2D eigenvalue weighted by Gasteiger charge is -2.11. The number of rotatable bonds is 3. The van der Waals surface area contributed by atoms with Gasteiger partial charge in [-0.2, -0.15) is 0 Å². The number of hydrogen-bond donors (Lipinski definition) is 0. The Balaban J connectivity index is 2.57. The third kappa shape index (κ3) is 2.55. The first-order valence-corrected chi connectivity index (χ1v) is 6.08. The van der Waals surface area contributed by atoms with E-state index in [4.69, 9.17) is 32.7 Å². The molecule has 2 nitrogen and oxygen atoms in total. The molecule has 0 aliphatic rings.